The summed E-state index contributed by atoms with van der Waals surface area (Å²) in [5.41, 5.74) is 2.55. The van der Waals surface area contributed by atoms with E-state index in [2.05, 4.69) is 22.5 Å². The van der Waals surface area contributed by atoms with Crippen LogP contribution >= 0.6 is 11.6 Å². The summed E-state index contributed by atoms with van der Waals surface area (Å²) < 4.78 is 7.65. The van der Waals surface area contributed by atoms with Crippen molar-refractivity contribution < 1.29 is 4.74 Å². The average Bonchev–Trinajstić information content (AvgIpc) is 2.85. The third-order valence-electron chi connectivity index (χ3n) is 4.34. The van der Waals surface area contributed by atoms with Crippen molar-refractivity contribution in [1.29, 1.82) is 5.26 Å². The number of nitriles is 1. The van der Waals surface area contributed by atoms with Gasteiger partial charge in [-0.3, -0.25) is 0 Å². The van der Waals surface area contributed by atoms with Crippen molar-refractivity contribution >= 4 is 22.6 Å². The van der Waals surface area contributed by atoms with Gasteiger partial charge in [0, 0.05) is 19.8 Å². The van der Waals surface area contributed by atoms with E-state index in [1.807, 2.05) is 12.1 Å². The van der Waals surface area contributed by atoms with Crippen LogP contribution in [-0.4, -0.2) is 22.8 Å². The zero-order valence-corrected chi connectivity index (χ0v) is 12.9. The molecule has 0 aliphatic carbocycles. The summed E-state index contributed by atoms with van der Waals surface area (Å²) in [6.07, 6.45) is 2.07. The first-order valence-corrected chi connectivity index (χ1v) is 7.72. The monoisotopic (exact) mass is 303 g/mol. The Hall–Kier alpha value is -1.57. The third-order valence-corrected chi connectivity index (χ3v) is 4.58. The van der Waals surface area contributed by atoms with Gasteiger partial charge >= 0.3 is 0 Å². The number of hydrogen-bond acceptors (Lipinski definition) is 3. The van der Waals surface area contributed by atoms with Crippen LogP contribution in [0.4, 0.5) is 0 Å². The third kappa shape index (κ3) is 2.64. The number of halogens is 1. The van der Waals surface area contributed by atoms with Gasteiger partial charge < -0.3 is 9.30 Å². The molecule has 0 bridgehead atoms. The quantitative estimate of drug-likeness (QED) is 0.816. The van der Waals surface area contributed by atoms with E-state index in [9.17, 15) is 5.26 Å². The molecule has 1 aliphatic heterocycles. The minimum Gasteiger partial charge on any atom is -0.381 e. The van der Waals surface area contributed by atoms with E-state index < -0.39 is 0 Å². The van der Waals surface area contributed by atoms with E-state index in [4.69, 9.17) is 16.3 Å². The lowest BCUT2D eigenvalue weighted by Gasteiger charge is -2.34. The molecule has 0 unspecified atom stereocenters. The second-order valence-corrected chi connectivity index (χ2v) is 6.22. The average molecular weight is 304 g/mol. The summed E-state index contributed by atoms with van der Waals surface area (Å²) >= 11 is 6.07. The molecule has 1 aromatic carbocycles. The van der Waals surface area contributed by atoms with Crippen molar-refractivity contribution in [1.82, 2.24) is 9.55 Å². The molecule has 1 saturated heterocycles. The fourth-order valence-electron chi connectivity index (χ4n) is 2.97. The molecule has 21 heavy (non-hydrogen) atoms. The number of para-hydroxylation sites is 1. The molecular formula is C16H18ClN3O. The number of rotatable bonds is 3. The number of ether oxygens (including phenoxy) is 1. The van der Waals surface area contributed by atoms with Gasteiger partial charge in [-0.25, -0.2) is 4.98 Å². The van der Waals surface area contributed by atoms with Crippen LogP contribution in [0, 0.1) is 16.7 Å². The molecule has 3 rings (SSSR count). The molecule has 0 amide bonds. The van der Waals surface area contributed by atoms with Crippen LogP contribution in [0.15, 0.2) is 18.2 Å². The van der Waals surface area contributed by atoms with E-state index >= 15 is 0 Å². The Labute approximate surface area is 129 Å². The van der Waals surface area contributed by atoms with Gasteiger partial charge in [-0.1, -0.05) is 13.0 Å². The smallest absolute Gasteiger partial charge is 0.124 e. The summed E-state index contributed by atoms with van der Waals surface area (Å²) in [7, 11) is 0. The van der Waals surface area contributed by atoms with Crippen LogP contribution in [0.5, 0.6) is 0 Å². The van der Waals surface area contributed by atoms with Gasteiger partial charge in [0.2, 0.25) is 0 Å². The first kappa shape index (κ1) is 14.4. The second-order valence-electron chi connectivity index (χ2n) is 5.96. The molecule has 0 radical (unpaired) electrons. The number of alkyl halides is 1. The predicted molar refractivity (Wildman–Crippen MR) is 82.2 cm³/mol. The Morgan fingerprint density at radius 1 is 1.43 bits per heavy atom. The van der Waals surface area contributed by atoms with Gasteiger partial charge in [-0.2, -0.15) is 5.26 Å². The maximum absolute atomic E-state index is 9.23. The highest BCUT2D eigenvalue weighted by atomic mass is 35.5. The van der Waals surface area contributed by atoms with Crippen molar-refractivity contribution in [3.63, 3.8) is 0 Å². The number of imidazole rings is 1. The second kappa shape index (κ2) is 5.67. The van der Waals surface area contributed by atoms with Crippen LogP contribution in [-0.2, 0) is 17.2 Å². The SMILES string of the molecule is CC1(Cn2c(CCl)nc3c(C#N)cccc32)CCOCC1. The van der Waals surface area contributed by atoms with Crippen LogP contribution in [0.2, 0.25) is 0 Å². The summed E-state index contributed by atoms with van der Waals surface area (Å²) in [6.45, 7) is 4.77. The topological polar surface area (TPSA) is 50.8 Å². The van der Waals surface area contributed by atoms with Crippen LogP contribution in [0.3, 0.4) is 0 Å². The van der Waals surface area contributed by atoms with E-state index in [0.29, 0.717) is 11.4 Å². The molecule has 5 heteroatoms. The summed E-state index contributed by atoms with van der Waals surface area (Å²) in [5, 5.41) is 9.23. The highest BCUT2D eigenvalue weighted by Crippen LogP contribution is 2.34. The molecule has 0 atom stereocenters. The molecule has 110 valence electrons. The molecule has 0 N–H and O–H groups in total. The van der Waals surface area contributed by atoms with Gasteiger partial charge in [0.1, 0.15) is 17.4 Å². The van der Waals surface area contributed by atoms with Gasteiger partial charge in [0.15, 0.2) is 0 Å². The number of aromatic nitrogens is 2. The van der Waals surface area contributed by atoms with Gasteiger partial charge in [-0.15, -0.1) is 11.6 Å². The minimum absolute atomic E-state index is 0.190. The summed E-state index contributed by atoms with van der Waals surface area (Å²) in [4.78, 5) is 4.58. The Balaban J connectivity index is 2.07. The van der Waals surface area contributed by atoms with Crippen molar-refractivity contribution in [3.8, 4) is 6.07 Å². The maximum atomic E-state index is 9.23. The van der Waals surface area contributed by atoms with Crippen LogP contribution < -0.4 is 0 Å². The summed E-state index contributed by atoms with van der Waals surface area (Å²) in [5.74, 6) is 1.19. The lowest BCUT2D eigenvalue weighted by Crippen LogP contribution is -2.31. The number of hydrogen-bond donors (Lipinski definition) is 0. The molecule has 4 nitrogen and oxygen atoms in total. The van der Waals surface area contributed by atoms with E-state index in [-0.39, 0.29) is 5.41 Å². The first-order chi connectivity index (χ1) is 10.2. The normalized spacial score (nSPS) is 17.8. The van der Waals surface area contributed by atoms with Crippen LogP contribution in [0.1, 0.15) is 31.2 Å². The van der Waals surface area contributed by atoms with Gasteiger partial charge in [-0.05, 0) is 30.4 Å². The Kier molecular flexibility index (Phi) is 3.88. The standard InChI is InChI=1S/C16H18ClN3O/c1-16(5-7-21-8-6-16)11-20-13-4-2-3-12(10-18)15(13)19-14(20)9-17/h2-4H,5-9,11H2,1H3. The van der Waals surface area contributed by atoms with E-state index in [1.165, 1.54) is 0 Å². The highest BCUT2D eigenvalue weighted by Gasteiger charge is 2.29. The lowest BCUT2D eigenvalue weighted by molar-refractivity contribution is 0.0157. The first-order valence-electron chi connectivity index (χ1n) is 7.19. The Morgan fingerprint density at radius 3 is 2.86 bits per heavy atom. The van der Waals surface area contributed by atoms with Crippen molar-refractivity contribution in [2.75, 3.05) is 13.2 Å². The molecule has 1 aromatic heterocycles. The highest BCUT2D eigenvalue weighted by molar-refractivity contribution is 6.16. The number of fused-ring (bicyclic) bond motifs is 1. The molecular weight excluding hydrogens is 286 g/mol. The van der Waals surface area contributed by atoms with E-state index in [1.54, 1.807) is 6.07 Å². The van der Waals surface area contributed by atoms with Crippen molar-refractivity contribution in [2.24, 2.45) is 5.41 Å². The molecule has 1 aliphatic rings. The molecule has 2 aromatic rings. The predicted octanol–water partition coefficient (Wildman–Crippen LogP) is 3.46. The molecule has 0 saturated carbocycles. The fraction of sp³-hybridized carbons (Fsp3) is 0.500. The Morgan fingerprint density at radius 2 is 2.19 bits per heavy atom. The minimum atomic E-state index is 0.190. The maximum Gasteiger partial charge on any atom is 0.124 e. The van der Waals surface area contributed by atoms with Crippen LogP contribution in [0.25, 0.3) is 11.0 Å². The van der Waals surface area contributed by atoms with Crippen molar-refractivity contribution in [2.45, 2.75) is 32.2 Å². The zero-order valence-electron chi connectivity index (χ0n) is 12.1. The lowest BCUT2D eigenvalue weighted by atomic mass is 9.82. The molecule has 1 fully saturated rings. The summed E-state index contributed by atoms with van der Waals surface area (Å²) in [6, 6.07) is 7.93. The van der Waals surface area contributed by atoms with E-state index in [0.717, 1.165) is 49.5 Å². The number of nitrogens with zero attached hydrogens (tertiary/aromatic N) is 3. The van der Waals surface area contributed by atoms with Crippen molar-refractivity contribution in [3.05, 3.63) is 29.6 Å². The largest absolute Gasteiger partial charge is 0.381 e. The fourth-order valence-corrected chi connectivity index (χ4v) is 3.17. The molecule has 2 heterocycles. The van der Waals surface area contributed by atoms with Gasteiger partial charge in [0.25, 0.3) is 0 Å². The van der Waals surface area contributed by atoms with Gasteiger partial charge in [0.05, 0.1) is 17.0 Å². The zero-order chi connectivity index (χ0) is 14.9. The number of benzene rings is 1. The Bertz CT molecular complexity index is 695. The molecule has 0 spiro atoms.